The molecule has 186 valence electrons. The standard InChI is InChI=1S/C25H30N4O4S2/c1-4-26-24(31)27-20-7-5-6-19(12-20)23-32-21(14-34-25-29-28-16(3)35-25)15(2)22(33-23)18-10-8-17(13-30)9-11-18/h5-12,15,21-23,30H,4,13-14H2,1-3H3,(H2,26,27,31)/t15-,21+,22+,23?/m0/s1. The van der Waals surface area contributed by atoms with Gasteiger partial charge in [0.1, 0.15) is 5.01 Å². The van der Waals surface area contributed by atoms with Crippen molar-refractivity contribution >= 4 is 34.8 Å². The van der Waals surface area contributed by atoms with Crippen LogP contribution in [0.1, 0.15) is 47.9 Å². The van der Waals surface area contributed by atoms with E-state index in [0.717, 1.165) is 26.0 Å². The van der Waals surface area contributed by atoms with Crippen LogP contribution in [0.4, 0.5) is 10.5 Å². The summed E-state index contributed by atoms with van der Waals surface area (Å²) in [4.78, 5) is 12.0. The average molecular weight is 515 g/mol. The molecule has 2 heterocycles. The predicted octanol–water partition coefficient (Wildman–Crippen LogP) is 5.06. The first-order chi connectivity index (χ1) is 17.0. The Kier molecular flexibility index (Phi) is 8.74. The molecule has 0 aliphatic carbocycles. The number of nitrogens with one attached hydrogen (secondary N) is 2. The second-order valence-electron chi connectivity index (χ2n) is 8.33. The Labute approximate surface area is 213 Å². The van der Waals surface area contributed by atoms with Crippen LogP contribution in [0.2, 0.25) is 0 Å². The van der Waals surface area contributed by atoms with Crippen molar-refractivity contribution in [2.45, 2.75) is 50.2 Å². The molecular formula is C25H30N4O4S2. The number of hydrogen-bond acceptors (Lipinski definition) is 8. The van der Waals surface area contributed by atoms with Crippen LogP contribution in [0.15, 0.2) is 52.9 Å². The molecule has 10 heteroatoms. The number of carbonyl (C=O) groups is 1. The molecule has 1 aliphatic rings. The Morgan fingerprint density at radius 2 is 1.94 bits per heavy atom. The minimum atomic E-state index is -0.605. The largest absolute Gasteiger partial charge is 0.392 e. The van der Waals surface area contributed by atoms with Gasteiger partial charge < -0.3 is 25.2 Å². The summed E-state index contributed by atoms with van der Waals surface area (Å²) in [6, 6.07) is 15.1. The van der Waals surface area contributed by atoms with Crippen LogP contribution < -0.4 is 10.6 Å². The maximum Gasteiger partial charge on any atom is 0.319 e. The van der Waals surface area contributed by atoms with E-state index in [2.05, 4.69) is 27.8 Å². The molecule has 1 aliphatic heterocycles. The summed E-state index contributed by atoms with van der Waals surface area (Å²) in [6.07, 6.45) is -0.916. The van der Waals surface area contributed by atoms with Crippen molar-refractivity contribution in [3.63, 3.8) is 0 Å². The lowest BCUT2D eigenvalue weighted by Crippen LogP contribution is -2.38. The molecule has 4 atom stereocenters. The zero-order valence-corrected chi connectivity index (χ0v) is 21.6. The molecule has 3 N–H and O–H groups in total. The molecule has 0 spiro atoms. The van der Waals surface area contributed by atoms with Crippen LogP contribution >= 0.6 is 23.1 Å². The summed E-state index contributed by atoms with van der Waals surface area (Å²) in [6.45, 7) is 6.49. The third-order valence-corrected chi connectivity index (χ3v) is 7.82. The first-order valence-corrected chi connectivity index (χ1v) is 13.4. The van der Waals surface area contributed by atoms with Crippen molar-refractivity contribution in [3.05, 3.63) is 70.2 Å². The van der Waals surface area contributed by atoms with Crippen molar-refractivity contribution in [2.75, 3.05) is 17.6 Å². The number of aliphatic hydroxyl groups is 1. The molecule has 35 heavy (non-hydrogen) atoms. The molecule has 0 radical (unpaired) electrons. The van der Waals surface area contributed by atoms with E-state index in [-0.39, 0.29) is 30.8 Å². The predicted molar refractivity (Wildman–Crippen MR) is 137 cm³/mol. The van der Waals surface area contributed by atoms with Crippen LogP contribution in [0, 0.1) is 12.8 Å². The molecule has 4 rings (SSSR count). The monoisotopic (exact) mass is 514 g/mol. The zero-order chi connectivity index (χ0) is 24.8. The van der Waals surface area contributed by atoms with Gasteiger partial charge in [-0.2, -0.15) is 0 Å². The smallest absolute Gasteiger partial charge is 0.319 e. The molecule has 3 aromatic rings. The van der Waals surface area contributed by atoms with Gasteiger partial charge in [0.25, 0.3) is 0 Å². The third-order valence-electron chi connectivity index (χ3n) is 5.76. The molecule has 2 amide bonds. The Hall–Kier alpha value is -2.50. The summed E-state index contributed by atoms with van der Waals surface area (Å²) >= 11 is 3.21. The van der Waals surface area contributed by atoms with E-state index in [1.54, 1.807) is 23.1 Å². The minimum Gasteiger partial charge on any atom is -0.392 e. The number of benzene rings is 2. The number of anilines is 1. The fourth-order valence-corrected chi connectivity index (χ4v) is 5.90. The van der Waals surface area contributed by atoms with Crippen LogP contribution in [-0.2, 0) is 16.1 Å². The number of urea groups is 1. The van der Waals surface area contributed by atoms with Crippen LogP contribution in [0.25, 0.3) is 0 Å². The number of amides is 2. The summed E-state index contributed by atoms with van der Waals surface area (Å²) in [5.74, 6) is 0.780. The summed E-state index contributed by atoms with van der Waals surface area (Å²) in [5, 5.41) is 24.3. The van der Waals surface area contributed by atoms with Gasteiger partial charge in [-0.3, -0.25) is 0 Å². The van der Waals surface area contributed by atoms with Crippen LogP contribution in [0.5, 0.6) is 0 Å². The number of carbonyl (C=O) groups excluding carboxylic acids is 1. The van der Waals surface area contributed by atoms with E-state index in [0.29, 0.717) is 18.0 Å². The molecule has 8 nitrogen and oxygen atoms in total. The summed E-state index contributed by atoms with van der Waals surface area (Å²) < 4.78 is 13.9. The Bertz CT molecular complexity index is 1120. The van der Waals surface area contributed by atoms with Gasteiger partial charge in [-0.05, 0) is 37.1 Å². The number of ether oxygens (including phenoxy) is 2. The lowest BCUT2D eigenvalue weighted by molar-refractivity contribution is -0.268. The molecular weight excluding hydrogens is 484 g/mol. The maximum absolute atomic E-state index is 12.0. The van der Waals surface area contributed by atoms with Gasteiger partial charge in [-0.1, -0.05) is 66.4 Å². The van der Waals surface area contributed by atoms with Crippen molar-refractivity contribution < 1.29 is 19.4 Å². The molecule has 1 saturated heterocycles. The van der Waals surface area contributed by atoms with E-state index in [1.165, 1.54) is 0 Å². The van der Waals surface area contributed by atoms with Crippen LogP contribution in [-0.4, -0.2) is 39.7 Å². The topological polar surface area (TPSA) is 106 Å². The average Bonchev–Trinajstić information content (AvgIpc) is 3.29. The number of hydrogen-bond donors (Lipinski definition) is 3. The SMILES string of the molecule is CCNC(=O)Nc1cccc(C2O[C@H](CSc3nnc(C)s3)[C@H](C)[C@H](c3ccc(CO)cc3)O2)c1. The lowest BCUT2D eigenvalue weighted by atomic mass is 9.91. The van der Waals surface area contributed by atoms with Gasteiger partial charge in [0, 0.05) is 29.5 Å². The maximum atomic E-state index is 12.0. The van der Waals surface area contributed by atoms with E-state index >= 15 is 0 Å². The van der Waals surface area contributed by atoms with Crippen molar-refractivity contribution in [1.82, 2.24) is 15.5 Å². The quantitative estimate of drug-likeness (QED) is 0.361. The van der Waals surface area contributed by atoms with Gasteiger partial charge in [-0.15, -0.1) is 10.2 Å². The number of nitrogens with zero attached hydrogens (tertiary/aromatic N) is 2. The summed E-state index contributed by atoms with van der Waals surface area (Å²) in [5.41, 5.74) is 3.37. The van der Waals surface area contributed by atoms with E-state index < -0.39 is 6.29 Å². The van der Waals surface area contributed by atoms with Gasteiger partial charge in [0.2, 0.25) is 0 Å². The van der Waals surface area contributed by atoms with E-state index in [9.17, 15) is 9.90 Å². The number of thioether (sulfide) groups is 1. The molecule has 1 aromatic heterocycles. The number of rotatable bonds is 8. The second kappa shape index (κ2) is 12.0. The normalized spacial score (nSPS) is 22.1. The van der Waals surface area contributed by atoms with Crippen molar-refractivity contribution in [2.24, 2.45) is 5.92 Å². The number of aryl methyl sites for hydroxylation is 1. The van der Waals surface area contributed by atoms with Gasteiger partial charge >= 0.3 is 6.03 Å². The van der Waals surface area contributed by atoms with Gasteiger partial charge in [0.05, 0.1) is 18.8 Å². The highest BCUT2D eigenvalue weighted by Gasteiger charge is 2.38. The highest BCUT2D eigenvalue weighted by atomic mass is 32.2. The Morgan fingerprint density at radius 1 is 1.14 bits per heavy atom. The van der Waals surface area contributed by atoms with E-state index in [4.69, 9.17) is 9.47 Å². The zero-order valence-electron chi connectivity index (χ0n) is 19.9. The molecule has 1 unspecified atom stereocenters. The number of aromatic nitrogens is 2. The Balaban J connectivity index is 1.57. The first kappa shape index (κ1) is 25.6. The van der Waals surface area contributed by atoms with Crippen molar-refractivity contribution in [3.8, 4) is 0 Å². The molecule has 0 bridgehead atoms. The minimum absolute atomic E-state index is 0.000967. The highest BCUT2D eigenvalue weighted by Crippen LogP contribution is 2.43. The number of aliphatic hydroxyl groups excluding tert-OH is 1. The van der Waals surface area contributed by atoms with Crippen LogP contribution in [0.3, 0.4) is 0 Å². The third kappa shape index (κ3) is 6.59. The van der Waals surface area contributed by atoms with Gasteiger partial charge in [-0.25, -0.2) is 4.79 Å². The highest BCUT2D eigenvalue weighted by molar-refractivity contribution is 8.01. The first-order valence-electron chi connectivity index (χ1n) is 11.5. The fourth-order valence-electron chi connectivity index (χ4n) is 3.90. The molecule has 2 aromatic carbocycles. The second-order valence-corrected chi connectivity index (χ2v) is 10.8. The van der Waals surface area contributed by atoms with Crippen molar-refractivity contribution in [1.29, 1.82) is 0 Å². The molecule has 1 fully saturated rings. The fraction of sp³-hybridized carbons (Fsp3) is 0.400. The lowest BCUT2D eigenvalue weighted by Gasteiger charge is -2.41. The summed E-state index contributed by atoms with van der Waals surface area (Å²) in [7, 11) is 0. The van der Waals surface area contributed by atoms with Gasteiger partial charge in [0.15, 0.2) is 10.6 Å². The van der Waals surface area contributed by atoms with E-state index in [1.807, 2.05) is 62.4 Å². The molecule has 0 saturated carbocycles. The Morgan fingerprint density at radius 3 is 2.63 bits per heavy atom.